The highest BCUT2D eigenvalue weighted by molar-refractivity contribution is 7.08. The standard InChI is InChI=1S/C18H24N4O2S/c1-18(2,3)24-17(23)21-14-4-7-22(8-5-14)16-10-15(19-12-20-16)13-6-9-25-11-13/h6,9-12,14H,4-5,7-8H2,1-3H3,(H,21,23). The van der Waals surface area contributed by atoms with Gasteiger partial charge in [-0.3, -0.25) is 0 Å². The molecule has 6 nitrogen and oxygen atoms in total. The molecule has 1 aliphatic rings. The van der Waals surface area contributed by atoms with Crippen LogP contribution in [0.4, 0.5) is 10.6 Å². The van der Waals surface area contributed by atoms with Gasteiger partial charge in [0.05, 0.1) is 5.69 Å². The van der Waals surface area contributed by atoms with Gasteiger partial charge in [-0.1, -0.05) is 0 Å². The third-order valence-electron chi connectivity index (χ3n) is 4.01. The fourth-order valence-corrected chi connectivity index (χ4v) is 3.46. The molecule has 0 atom stereocenters. The monoisotopic (exact) mass is 360 g/mol. The molecule has 0 bridgehead atoms. The van der Waals surface area contributed by atoms with Crippen LogP contribution in [-0.4, -0.2) is 40.8 Å². The van der Waals surface area contributed by atoms with Crippen LogP contribution in [0.15, 0.2) is 29.2 Å². The van der Waals surface area contributed by atoms with Crippen molar-refractivity contribution >= 4 is 23.2 Å². The molecule has 134 valence electrons. The van der Waals surface area contributed by atoms with Crippen molar-refractivity contribution in [2.24, 2.45) is 0 Å². The zero-order valence-electron chi connectivity index (χ0n) is 14.9. The zero-order chi connectivity index (χ0) is 17.9. The Morgan fingerprint density at radius 2 is 2.08 bits per heavy atom. The van der Waals surface area contributed by atoms with Crippen molar-refractivity contribution in [1.29, 1.82) is 0 Å². The van der Waals surface area contributed by atoms with Gasteiger partial charge in [0.15, 0.2) is 0 Å². The second-order valence-corrected chi connectivity index (χ2v) is 7.96. The normalized spacial score (nSPS) is 15.9. The van der Waals surface area contributed by atoms with Gasteiger partial charge in [0.1, 0.15) is 17.7 Å². The fraction of sp³-hybridized carbons (Fsp3) is 0.500. The smallest absolute Gasteiger partial charge is 0.407 e. The molecule has 2 aromatic heterocycles. The van der Waals surface area contributed by atoms with Crippen molar-refractivity contribution in [2.45, 2.75) is 45.3 Å². The summed E-state index contributed by atoms with van der Waals surface area (Å²) in [7, 11) is 0. The molecule has 1 aliphatic heterocycles. The van der Waals surface area contributed by atoms with Gasteiger partial charge < -0.3 is 15.0 Å². The lowest BCUT2D eigenvalue weighted by molar-refractivity contribution is 0.0497. The Bertz CT molecular complexity index is 704. The quantitative estimate of drug-likeness (QED) is 0.904. The van der Waals surface area contributed by atoms with Crippen LogP contribution < -0.4 is 10.2 Å². The highest BCUT2D eigenvalue weighted by Gasteiger charge is 2.24. The van der Waals surface area contributed by atoms with Gasteiger partial charge in [0, 0.05) is 36.1 Å². The minimum Gasteiger partial charge on any atom is -0.444 e. The van der Waals surface area contributed by atoms with Gasteiger partial charge in [-0.15, -0.1) is 0 Å². The third kappa shape index (κ3) is 4.92. The lowest BCUT2D eigenvalue weighted by Crippen LogP contribution is -2.46. The number of nitrogens with zero attached hydrogens (tertiary/aromatic N) is 3. The first kappa shape index (κ1) is 17.7. The lowest BCUT2D eigenvalue weighted by atomic mass is 10.1. The molecule has 0 aliphatic carbocycles. The molecule has 0 spiro atoms. The van der Waals surface area contributed by atoms with Crippen molar-refractivity contribution in [3.8, 4) is 11.3 Å². The van der Waals surface area contributed by atoms with Gasteiger partial charge in [0.25, 0.3) is 0 Å². The molecule has 0 radical (unpaired) electrons. The van der Waals surface area contributed by atoms with Crippen LogP contribution >= 0.6 is 11.3 Å². The van der Waals surface area contributed by atoms with Crippen LogP contribution in [-0.2, 0) is 4.74 Å². The first-order chi connectivity index (χ1) is 11.9. The Kier molecular flexibility index (Phi) is 5.22. The largest absolute Gasteiger partial charge is 0.444 e. The number of aromatic nitrogens is 2. The van der Waals surface area contributed by atoms with Crippen LogP contribution in [0.25, 0.3) is 11.3 Å². The van der Waals surface area contributed by atoms with Crippen LogP contribution in [0, 0.1) is 0 Å². The number of alkyl carbamates (subject to hydrolysis) is 1. The van der Waals surface area contributed by atoms with Gasteiger partial charge in [-0.2, -0.15) is 11.3 Å². The van der Waals surface area contributed by atoms with E-state index >= 15 is 0 Å². The van der Waals surface area contributed by atoms with Crippen molar-refractivity contribution in [2.75, 3.05) is 18.0 Å². The van der Waals surface area contributed by atoms with E-state index in [1.54, 1.807) is 17.7 Å². The minimum absolute atomic E-state index is 0.143. The lowest BCUT2D eigenvalue weighted by Gasteiger charge is -2.33. The number of rotatable bonds is 3. The second-order valence-electron chi connectivity index (χ2n) is 7.18. The van der Waals surface area contributed by atoms with E-state index in [9.17, 15) is 4.79 Å². The molecular weight excluding hydrogens is 336 g/mol. The number of thiophene rings is 1. The van der Waals surface area contributed by atoms with E-state index in [-0.39, 0.29) is 12.1 Å². The van der Waals surface area contributed by atoms with Crippen LogP contribution in [0.5, 0.6) is 0 Å². The first-order valence-electron chi connectivity index (χ1n) is 8.50. The summed E-state index contributed by atoms with van der Waals surface area (Å²) in [5.74, 6) is 0.937. The summed E-state index contributed by atoms with van der Waals surface area (Å²) in [6.45, 7) is 7.31. The number of nitrogens with one attached hydrogen (secondary N) is 1. The number of anilines is 1. The van der Waals surface area contributed by atoms with E-state index in [1.165, 1.54) is 0 Å². The highest BCUT2D eigenvalue weighted by Crippen LogP contribution is 2.24. The molecular formula is C18H24N4O2S. The predicted molar refractivity (Wildman–Crippen MR) is 99.9 cm³/mol. The molecule has 7 heteroatoms. The summed E-state index contributed by atoms with van der Waals surface area (Å²) in [6, 6.07) is 4.24. The molecule has 1 saturated heterocycles. The highest BCUT2D eigenvalue weighted by atomic mass is 32.1. The molecule has 0 saturated carbocycles. The van der Waals surface area contributed by atoms with Crippen LogP contribution in [0.1, 0.15) is 33.6 Å². The number of carbonyl (C=O) groups is 1. The van der Waals surface area contributed by atoms with Gasteiger partial charge in [-0.25, -0.2) is 14.8 Å². The van der Waals surface area contributed by atoms with E-state index in [1.807, 2.05) is 32.2 Å². The van der Waals surface area contributed by atoms with E-state index in [4.69, 9.17) is 4.74 Å². The summed E-state index contributed by atoms with van der Waals surface area (Å²) in [4.78, 5) is 22.9. The van der Waals surface area contributed by atoms with Crippen molar-refractivity contribution in [3.05, 3.63) is 29.2 Å². The molecule has 3 heterocycles. The van der Waals surface area contributed by atoms with E-state index in [2.05, 4.69) is 31.6 Å². The zero-order valence-corrected chi connectivity index (χ0v) is 15.7. The Morgan fingerprint density at radius 1 is 1.32 bits per heavy atom. The molecule has 25 heavy (non-hydrogen) atoms. The van der Waals surface area contributed by atoms with Crippen molar-refractivity contribution < 1.29 is 9.53 Å². The van der Waals surface area contributed by atoms with Gasteiger partial charge >= 0.3 is 6.09 Å². The first-order valence-corrected chi connectivity index (χ1v) is 9.44. The number of carbonyl (C=O) groups excluding carboxylic acids is 1. The molecule has 2 aromatic rings. The average molecular weight is 360 g/mol. The molecule has 1 amide bonds. The Balaban J connectivity index is 1.56. The molecule has 3 rings (SSSR count). The summed E-state index contributed by atoms with van der Waals surface area (Å²) >= 11 is 1.66. The van der Waals surface area contributed by atoms with E-state index < -0.39 is 5.60 Å². The minimum atomic E-state index is -0.468. The topological polar surface area (TPSA) is 67.3 Å². The number of hydrogen-bond acceptors (Lipinski definition) is 6. The van der Waals surface area contributed by atoms with E-state index in [0.29, 0.717) is 0 Å². The number of amides is 1. The molecule has 1 fully saturated rings. The summed E-state index contributed by atoms with van der Waals surface area (Å²) in [6.07, 6.45) is 3.02. The van der Waals surface area contributed by atoms with Crippen molar-refractivity contribution in [3.63, 3.8) is 0 Å². The number of piperidine rings is 1. The SMILES string of the molecule is CC(C)(C)OC(=O)NC1CCN(c2cc(-c3ccsc3)ncn2)CC1. The van der Waals surface area contributed by atoms with Gasteiger partial charge in [0.2, 0.25) is 0 Å². The molecule has 0 aromatic carbocycles. The average Bonchev–Trinajstić information content (AvgIpc) is 3.08. The number of ether oxygens (including phenoxy) is 1. The molecule has 0 unspecified atom stereocenters. The maximum atomic E-state index is 11.9. The van der Waals surface area contributed by atoms with Crippen molar-refractivity contribution in [1.82, 2.24) is 15.3 Å². The Hall–Kier alpha value is -2.15. The Morgan fingerprint density at radius 3 is 2.72 bits per heavy atom. The molecule has 1 N–H and O–H groups in total. The number of hydrogen-bond donors (Lipinski definition) is 1. The van der Waals surface area contributed by atoms with Gasteiger partial charge in [-0.05, 0) is 45.1 Å². The maximum Gasteiger partial charge on any atom is 0.407 e. The van der Waals surface area contributed by atoms with Crippen LogP contribution in [0.2, 0.25) is 0 Å². The fourth-order valence-electron chi connectivity index (χ4n) is 2.82. The second kappa shape index (κ2) is 7.39. The predicted octanol–water partition coefficient (Wildman–Crippen LogP) is 3.70. The van der Waals surface area contributed by atoms with Crippen LogP contribution in [0.3, 0.4) is 0 Å². The summed E-state index contributed by atoms with van der Waals surface area (Å²) < 4.78 is 5.33. The summed E-state index contributed by atoms with van der Waals surface area (Å²) in [5.41, 5.74) is 1.60. The maximum absolute atomic E-state index is 11.9. The summed E-state index contributed by atoms with van der Waals surface area (Å²) in [5, 5.41) is 7.09. The Labute approximate surface area is 152 Å². The van der Waals surface area contributed by atoms with E-state index in [0.717, 1.165) is 43.0 Å². The third-order valence-corrected chi connectivity index (χ3v) is 4.69.